The second-order valence-corrected chi connectivity index (χ2v) is 6.98. The number of carbonyl (C=O) groups is 1. The molecule has 30 heavy (non-hydrogen) atoms. The average molecular weight is 420 g/mol. The minimum atomic E-state index is -4.47. The number of aromatic nitrogens is 3. The van der Waals surface area contributed by atoms with Crippen LogP contribution < -0.4 is 5.32 Å². The maximum atomic E-state index is 13.1. The van der Waals surface area contributed by atoms with Crippen molar-refractivity contribution in [3.05, 3.63) is 76.5 Å². The van der Waals surface area contributed by atoms with Crippen LogP contribution in [0.3, 0.4) is 0 Å². The minimum Gasteiger partial charge on any atom is -0.349 e. The molecule has 5 nitrogen and oxygen atoms in total. The molecule has 3 rings (SSSR count). The van der Waals surface area contributed by atoms with Crippen LogP contribution in [0.25, 0.3) is 5.82 Å². The predicted molar refractivity (Wildman–Crippen MR) is 102 cm³/mol. The number of amides is 1. The van der Waals surface area contributed by atoms with Crippen LogP contribution in [0.15, 0.2) is 42.6 Å². The van der Waals surface area contributed by atoms with Crippen molar-refractivity contribution >= 4 is 5.91 Å². The highest BCUT2D eigenvalue weighted by Crippen LogP contribution is 2.29. The lowest BCUT2D eigenvalue weighted by atomic mass is 10.1. The molecule has 158 valence electrons. The molecule has 0 spiro atoms. The summed E-state index contributed by atoms with van der Waals surface area (Å²) in [7, 11) is 0. The molecule has 1 aromatic carbocycles. The lowest BCUT2D eigenvalue weighted by Crippen LogP contribution is -2.28. The van der Waals surface area contributed by atoms with Gasteiger partial charge in [-0.3, -0.25) is 4.79 Å². The first-order valence-electron chi connectivity index (χ1n) is 9.20. The number of hydrogen-bond acceptors (Lipinski definition) is 3. The van der Waals surface area contributed by atoms with Gasteiger partial charge < -0.3 is 5.32 Å². The van der Waals surface area contributed by atoms with Gasteiger partial charge in [0.15, 0.2) is 5.82 Å². The van der Waals surface area contributed by atoms with E-state index in [1.54, 1.807) is 32.9 Å². The Bertz CT molecular complexity index is 1040. The van der Waals surface area contributed by atoms with Gasteiger partial charge in [0.2, 0.25) is 5.91 Å². The van der Waals surface area contributed by atoms with Gasteiger partial charge in [0, 0.05) is 17.5 Å². The molecule has 0 aliphatic heterocycles. The third kappa shape index (κ3) is 4.67. The standard InChI is InChI=1S/C21H20F4N4O/c1-12(15-4-7-17(22)8-5-15)27-20(30)10-18-13(2)28-29(14(18)3)19-9-6-16(11-26-19)21(23,24)25/h4-9,11-12H,10H2,1-3H3,(H,27,30). The first-order chi connectivity index (χ1) is 14.1. The monoisotopic (exact) mass is 420 g/mol. The molecular weight excluding hydrogens is 400 g/mol. The van der Waals surface area contributed by atoms with Crippen molar-refractivity contribution in [1.82, 2.24) is 20.1 Å². The molecule has 3 aromatic rings. The van der Waals surface area contributed by atoms with Crippen molar-refractivity contribution in [2.75, 3.05) is 0 Å². The summed E-state index contributed by atoms with van der Waals surface area (Å²) in [6, 6.07) is 7.72. The lowest BCUT2D eigenvalue weighted by Gasteiger charge is -2.14. The zero-order valence-corrected chi connectivity index (χ0v) is 16.6. The molecule has 1 amide bonds. The highest BCUT2D eigenvalue weighted by atomic mass is 19.4. The Hall–Kier alpha value is -3.23. The van der Waals surface area contributed by atoms with E-state index in [0.29, 0.717) is 17.0 Å². The van der Waals surface area contributed by atoms with E-state index in [9.17, 15) is 22.4 Å². The number of alkyl halides is 3. The highest BCUT2D eigenvalue weighted by molar-refractivity contribution is 5.79. The van der Waals surface area contributed by atoms with Crippen molar-refractivity contribution < 1.29 is 22.4 Å². The zero-order valence-electron chi connectivity index (χ0n) is 16.6. The second kappa shape index (κ2) is 8.25. The first kappa shape index (κ1) is 21.5. The summed E-state index contributed by atoms with van der Waals surface area (Å²) < 4.78 is 52.7. The summed E-state index contributed by atoms with van der Waals surface area (Å²) in [6.45, 7) is 5.24. The van der Waals surface area contributed by atoms with E-state index < -0.39 is 11.7 Å². The van der Waals surface area contributed by atoms with Gasteiger partial charge in [0.05, 0.1) is 23.7 Å². The molecule has 1 N–H and O–H groups in total. The molecule has 0 aliphatic rings. The third-order valence-corrected chi connectivity index (χ3v) is 4.82. The maximum absolute atomic E-state index is 13.1. The van der Waals surface area contributed by atoms with Crippen LogP contribution >= 0.6 is 0 Å². The van der Waals surface area contributed by atoms with Crippen molar-refractivity contribution in [3.8, 4) is 5.82 Å². The van der Waals surface area contributed by atoms with Gasteiger partial charge in [-0.05, 0) is 50.6 Å². The van der Waals surface area contributed by atoms with E-state index in [4.69, 9.17) is 0 Å². The van der Waals surface area contributed by atoms with Crippen LogP contribution in [-0.4, -0.2) is 20.7 Å². The Balaban J connectivity index is 1.75. The van der Waals surface area contributed by atoms with Crippen LogP contribution in [0, 0.1) is 19.7 Å². The van der Waals surface area contributed by atoms with Crippen molar-refractivity contribution in [1.29, 1.82) is 0 Å². The van der Waals surface area contributed by atoms with Crippen LogP contribution in [0.5, 0.6) is 0 Å². The molecular formula is C21H20F4N4O. The van der Waals surface area contributed by atoms with E-state index in [1.165, 1.54) is 22.9 Å². The molecule has 0 fully saturated rings. The SMILES string of the molecule is Cc1nn(-c2ccc(C(F)(F)F)cn2)c(C)c1CC(=O)NC(C)c1ccc(F)cc1. The normalized spacial score (nSPS) is 12.6. The summed E-state index contributed by atoms with van der Waals surface area (Å²) in [6.07, 6.45) is -3.67. The minimum absolute atomic E-state index is 0.0455. The number of nitrogens with zero attached hydrogens (tertiary/aromatic N) is 3. The van der Waals surface area contributed by atoms with Crippen molar-refractivity contribution in [2.24, 2.45) is 0 Å². The van der Waals surface area contributed by atoms with Gasteiger partial charge in [-0.15, -0.1) is 0 Å². The fraction of sp³-hybridized carbons (Fsp3) is 0.286. The molecule has 9 heteroatoms. The van der Waals surface area contributed by atoms with Crippen LogP contribution in [-0.2, 0) is 17.4 Å². The van der Waals surface area contributed by atoms with Gasteiger partial charge in [-0.1, -0.05) is 12.1 Å². The van der Waals surface area contributed by atoms with E-state index >= 15 is 0 Å². The van der Waals surface area contributed by atoms with Gasteiger partial charge >= 0.3 is 6.18 Å². The smallest absolute Gasteiger partial charge is 0.349 e. The number of carbonyl (C=O) groups excluding carboxylic acids is 1. The van der Waals surface area contributed by atoms with E-state index in [0.717, 1.165) is 17.8 Å². The summed E-state index contributed by atoms with van der Waals surface area (Å²) in [5, 5.41) is 7.18. The third-order valence-electron chi connectivity index (χ3n) is 4.82. The van der Waals surface area contributed by atoms with Gasteiger partial charge in [-0.25, -0.2) is 14.1 Å². The highest BCUT2D eigenvalue weighted by Gasteiger charge is 2.31. The predicted octanol–water partition coefficient (Wildman–Crippen LogP) is 4.46. The van der Waals surface area contributed by atoms with E-state index in [-0.39, 0.29) is 30.0 Å². The van der Waals surface area contributed by atoms with E-state index in [1.807, 2.05) is 0 Å². The van der Waals surface area contributed by atoms with Crippen molar-refractivity contribution in [2.45, 2.75) is 39.4 Å². The number of rotatable bonds is 5. The van der Waals surface area contributed by atoms with Crippen molar-refractivity contribution in [3.63, 3.8) is 0 Å². The van der Waals surface area contributed by atoms with Crippen LogP contribution in [0.2, 0.25) is 0 Å². The number of hydrogen-bond donors (Lipinski definition) is 1. The summed E-state index contributed by atoms with van der Waals surface area (Å²) in [5.41, 5.74) is 1.79. The van der Waals surface area contributed by atoms with Crippen LogP contribution in [0.4, 0.5) is 17.6 Å². The number of aryl methyl sites for hydroxylation is 1. The largest absolute Gasteiger partial charge is 0.417 e. The van der Waals surface area contributed by atoms with Crippen LogP contribution in [0.1, 0.15) is 41.0 Å². The lowest BCUT2D eigenvalue weighted by molar-refractivity contribution is -0.137. The van der Waals surface area contributed by atoms with Gasteiger partial charge in [0.25, 0.3) is 0 Å². The number of nitrogens with one attached hydrogen (secondary N) is 1. The molecule has 1 atom stereocenters. The average Bonchev–Trinajstić information content (AvgIpc) is 2.96. The Morgan fingerprint density at radius 2 is 1.80 bits per heavy atom. The molecule has 0 saturated heterocycles. The molecule has 0 saturated carbocycles. The summed E-state index contributed by atoms with van der Waals surface area (Å²) in [5.74, 6) is -0.374. The molecule has 0 bridgehead atoms. The first-order valence-corrected chi connectivity index (χ1v) is 9.20. The Morgan fingerprint density at radius 3 is 2.37 bits per heavy atom. The maximum Gasteiger partial charge on any atom is 0.417 e. The number of benzene rings is 1. The second-order valence-electron chi connectivity index (χ2n) is 6.98. The number of pyridine rings is 1. The zero-order chi connectivity index (χ0) is 22.1. The van der Waals surface area contributed by atoms with Gasteiger partial charge in [0.1, 0.15) is 5.82 Å². The van der Waals surface area contributed by atoms with Gasteiger partial charge in [-0.2, -0.15) is 18.3 Å². The summed E-state index contributed by atoms with van der Waals surface area (Å²) in [4.78, 5) is 16.4. The molecule has 2 heterocycles. The Kier molecular flexibility index (Phi) is 5.91. The summed E-state index contributed by atoms with van der Waals surface area (Å²) >= 11 is 0. The Morgan fingerprint density at radius 1 is 1.13 bits per heavy atom. The fourth-order valence-electron chi connectivity index (χ4n) is 3.12. The molecule has 1 unspecified atom stereocenters. The molecule has 0 radical (unpaired) electrons. The molecule has 0 aliphatic carbocycles. The Labute approximate surface area is 170 Å². The van der Waals surface area contributed by atoms with E-state index in [2.05, 4.69) is 15.4 Å². The number of halogens is 4. The quantitative estimate of drug-likeness (QED) is 0.620. The molecule has 2 aromatic heterocycles. The fourth-order valence-corrected chi connectivity index (χ4v) is 3.12. The topological polar surface area (TPSA) is 59.8 Å².